The Balaban J connectivity index is 2.39. The van der Waals surface area contributed by atoms with Gasteiger partial charge in [-0.15, -0.1) is 0 Å². The molecule has 0 radical (unpaired) electrons. The van der Waals surface area contributed by atoms with Crippen molar-refractivity contribution in [3.63, 3.8) is 0 Å². The number of nitrogen functional groups attached to an aromatic ring is 1. The van der Waals surface area contributed by atoms with E-state index in [9.17, 15) is 13.2 Å². The number of anilines is 3. The summed E-state index contributed by atoms with van der Waals surface area (Å²) in [5.74, 6) is 5.10. The standard InChI is InChI=1S/C12H9Br2F3N4/c13-7-1-2-9(8(14)5-7)19-10-3-6(12(15,16)17)4-11(20-10)21-18/h1-5H,18H2,(H2,19,20,21). The van der Waals surface area contributed by atoms with Crippen molar-refractivity contribution in [1.82, 2.24) is 4.98 Å². The Morgan fingerprint density at radius 1 is 1.05 bits per heavy atom. The maximum Gasteiger partial charge on any atom is 0.416 e. The molecular weight excluding hydrogens is 417 g/mol. The molecule has 2 rings (SSSR count). The first-order valence-electron chi connectivity index (χ1n) is 5.57. The fraction of sp³-hybridized carbons (Fsp3) is 0.0833. The molecule has 1 heterocycles. The third-order valence-electron chi connectivity index (χ3n) is 2.49. The minimum Gasteiger partial charge on any atom is -0.339 e. The van der Waals surface area contributed by atoms with Crippen molar-refractivity contribution in [2.24, 2.45) is 5.84 Å². The normalized spacial score (nSPS) is 11.3. The average Bonchev–Trinajstić information content (AvgIpc) is 2.40. The lowest BCUT2D eigenvalue weighted by molar-refractivity contribution is -0.137. The largest absolute Gasteiger partial charge is 0.416 e. The van der Waals surface area contributed by atoms with Crippen LogP contribution < -0.4 is 16.6 Å². The maximum atomic E-state index is 12.8. The van der Waals surface area contributed by atoms with Gasteiger partial charge in [-0.2, -0.15) is 13.2 Å². The van der Waals surface area contributed by atoms with Crippen LogP contribution in [0.2, 0.25) is 0 Å². The molecule has 0 saturated carbocycles. The molecule has 2 aromatic rings. The molecule has 1 aromatic carbocycles. The zero-order valence-electron chi connectivity index (χ0n) is 10.3. The summed E-state index contributed by atoms with van der Waals surface area (Å²) in [6.45, 7) is 0. The lowest BCUT2D eigenvalue weighted by atomic mass is 10.2. The number of pyridine rings is 1. The fourth-order valence-electron chi connectivity index (χ4n) is 1.56. The summed E-state index contributed by atoms with van der Waals surface area (Å²) in [7, 11) is 0. The highest BCUT2D eigenvalue weighted by Crippen LogP contribution is 2.34. The van der Waals surface area contributed by atoms with E-state index in [2.05, 4.69) is 47.6 Å². The lowest BCUT2D eigenvalue weighted by Gasteiger charge is -2.13. The molecule has 4 N–H and O–H groups in total. The zero-order chi connectivity index (χ0) is 15.6. The third-order valence-corrected chi connectivity index (χ3v) is 3.64. The second kappa shape index (κ2) is 6.20. The van der Waals surface area contributed by atoms with Crippen LogP contribution >= 0.6 is 31.9 Å². The van der Waals surface area contributed by atoms with Crippen molar-refractivity contribution < 1.29 is 13.2 Å². The van der Waals surface area contributed by atoms with Crippen LogP contribution in [0.25, 0.3) is 0 Å². The molecule has 112 valence electrons. The molecule has 0 aliphatic carbocycles. The molecule has 0 aliphatic heterocycles. The number of hydrazine groups is 1. The molecule has 0 aliphatic rings. The zero-order valence-corrected chi connectivity index (χ0v) is 13.5. The first-order chi connectivity index (χ1) is 9.79. The van der Waals surface area contributed by atoms with Crippen LogP contribution in [-0.2, 0) is 6.18 Å². The van der Waals surface area contributed by atoms with Crippen molar-refractivity contribution in [2.45, 2.75) is 6.18 Å². The van der Waals surface area contributed by atoms with E-state index in [0.29, 0.717) is 10.2 Å². The van der Waals surface area contributed by atoms with Crippen LogP contribution in [0.3, 0.4) is 0 Å². The number of nitrogens with one attached hydrogen (secondary N) is 2. The van der Waals surface area contributed by atoms with Crippen LogP contribution in [0.1, 0.15) is 5.56 Å². The van der Waals surface area contributed by atoms with Gasteiger partial charge in [0.1, 0.15) is 11.6 Å². The topological polar surface area (TPSA) is 63.0 Å². The van der Waals surface area contributed by atoms with Crippen molar-refractivity contribution >= 4 is 49.2 Å². The second-order valence-electron chi connectivity index (χ2n) is 4.02. The number of nitrogens with two attached hydrogens (primary N) is 1. The number of alkyl halides is 3. The number of aromatic nitrogens is 1. The molecule has 0 unspecified atom stereocenters. The fourth-order valence-corrected chi connectivity index (χ4v) is 2.71. The molecule has 4 nitrogen and oxygen atoms in total. The first-order valence-corrected chi connectivity index (χ1v) is 7.16. The average molecular weight is 426 g/mol. The van der Waals surface area contributed by atoms with Crippen molar-refractivity contribution in [3.8, 4) is 0 Å². The summed E-state index contributed by atoms with van der Waals surface area (Å²) in [5, 5.41) is 2.81. The van der Waals surface area contributed by atoms with Crippen LogP contribution in [0.15, 0.2) is 39.3 Å². The Kier molecular flexibility index (Phi) is 4.74. The molecule has 0 spiro atoms. The summed E-state index contributed by atoms with van der Waals surface area (Å²) in [6, 6.07) is 6.96. The van der Waals surface area contributed by atoms with Crippen molar-refractivity contribution in [1.29, 1.82) is 0 Å². The van der Waals surface area contributed by atoms with E-state index in [1.165, 1.54) is 0 Å². The van der Waals surface area contributed by atoms with Gasteiger partial charge in [0.15, 0.2) is 0 Å². The van der Waals surface area contributed by atoms with E-state index in [1.807, 2.05) is 0 Å². The number of hydrogen-bond donors (Lipinski definition) is 3. The Labute approximate surface area is 135 Å². The highest BCUT2D eigenvalue weighted by molar-refractivity contribution is 9.11. The number of halogens is 5. The quantitative estimate of drug-likeness (QED) is 0.494. The molecular formula is C12H9Br2F3N4. The molecule has 0 atom stereocenters. The minimum atomic E-state index is -4.48. The minimum absolute atomic E-state index is 0.0285. The Morgan fingerprint density at radius 2 is 1.71 bits per heavy atom. The van der Waals surface area contributed by atoms with Gasteiger partial charge in [0, 0.05) is 8.95 Å². The van der Waals surface area contributed by atoms with E-state index in [0.717, 1.165) is 16.6 Å². The van der Waals surface area contributed by atoms with Crippen molar-refractivity contribution in [2.75, 3.05) is 10.7 Å². The predicted molar refractivity (Wildman–Crippen MR) is 82.2 cm³/mol. The molecule has 21 heavy (non-hydrogen) atoms. The van der Waals surface area contributed by atoms with Gasteiger partial charge >= 0.3 is 6.18 Å². The second-order valence-corrected chi connectivity index (χ2v) is 5.79. The van der Waals surface area contributed by atoms with Crippen LogP contribution in [-0.4, -0.2) is 4.98 Å². The van der Waals surface area contributed by atoms with Gasteiger partial charge in [-0.1, -0.05) is 15.9 Å². The number of nitrogens with zero attached hydrogens (tertiary/aromatic N) is 1. The number of benzene rings is 1. The highest BCUT2D eigenvalue weighted by atomic mass is 79.9. The SMILES string of the molecule is NNc1cc(C(F)(F)F)cc(Nc2ccc(Br)cc2Br)n1. The monoisotopic (exact) mass is 424 g/mol. The summed E-state index contributed by atoms with van der Waals surface area (Å²) < 4.78 is 40.0. The smallest absolute Gasteiger partial charge is 0.339 e. The Hall–Kier alpha value is -1.32. The molecule has 9 heteroatoms. The van der Waals surface area contributed by atoms with Gasteiger partial charge < -0.3 is 10.7 Å². The molecule has 1 aromatic heterocycles. The van der Waals surface area contributed by atoms with Gasteiger partial charge in [0.25, 0.3) is 0 Å². The Morgan fingerprint density at radius 3 is 2.29 bits per heavy atom. The van der Waals surface area contributed by atoms with Crippen LogP contribution in [0, 0.1) is 0 Å². The molecule has 0 fully saturated rings. The highest BCUT2D eigenvalue weighted by Gasteiger charge is 2.31. The summed E-state index contributed by atoms with van der Waals surface area (Å²) in [6.07, 6.45) is -4.48. The molecule has 0 amide bonds. The van der Waals surface area contributed by atoms with Gasteiger partial charge in [-0.25, -0.2) is 10.8 Å². The summed E-state index contributed by atoms with van der Waals surface area (Å²) in [4.78, 5) is 3.94. The predicted octanol–water partition coefficient (Wildman–Crippen LogP) is 4.65. The van der Waals surface area contributed by atoms with Gasteiger partial charge in [0.2, 0.25) is 0 Å². The molecule has 0 bridgehead atoms. The maximum absolute atomic E-state index is 12.8. The number of hydrogen-bond acceptors (Lipinski definition) is 4. The Bertz CT molecular complexity index is 661. The summed E-state index contributed by atoms with van der Waals surface area (Å²) in [5.41, 5.74) is 1.85. The first kappa shape index (κ1) is 16.1. The summed E-state index contributed by atoms with van der Waals surface area (Å²) >= 11 is 6.61. The van der Waals surface area contributed by atoms with Crippen LogP contribution in [0.4, 0.5) is 30.5 Å². The van der Waals surface area contributed by atoms with E-state index >= 15 is 0 Å². The van der Waals surface area contributed by atoms with Gasteiger partial charge in [-0.05, 0) is 46.3 Å². The van der Waals surface area contributed by atoms with E-state index < -0.39 is 11.7 Å². The van der Waals surface area contributed by atoms with E-state index in [1.54, 1.807) is 18.2 Å². The van der Waals surface area contributed by atoms with Crippen molar-refractivity contribution in [3.05, 3.63) is 44.8 Å². The van der Waals surface area contributed by atoms with E-state index in [-0.39, 0.29) is 11.6 Å². The van der Waals surface area contributed by atoms with Crippen LogP contribution in [0.5, 0.6) is 0 Å². The third kappa shape index (κ3) is 4.08. The lowest BCUT2D eigenvalue weighted by Crippen LogP contribution is -2.13. The van der Waals surface area contributed by atoms with E-state index in [4.69, 9.17) is 5.84 Å². The number of rotatable bonds is 3. The van der Waals surface area contributed by atoms with Gasteiger partial charge in [-0.3, -0.25) is 0 Å². The van der Waals surface area contributed by atoms with Gasteiger partial charge in [0.05, 0.1) is 11.3 Å². The molecule has 0 saturated heterocycles.